The summed E-state index contributed by atoms with van der Waals surface area (Å²) in [6.45, 7) is 2.03. The third-order valence-corrected chi connectivity index (χ3v) is 4.45. The van der Waals surface area contributed by atoms with Crippen LogP contribution in [0.5, 0.6) is 5.88 Å². The first-order chi connectivity index (χ1) is 12.2. The normalized spacial score (nSPS) is 14.9. The molecule has 1 saturated carbocycles. The average Bonchev–Trinajstić information content (AvgIpc) is 2.63. The van der Waals surface area contributed by atoms with Crippen LogP contribution in [0.15, 0.2) is 30.6 Å². The Labute approximate surface area is 146 Å². The van der Waals surface area contributed by atoms with E-state index in [-0.39, 0.29) is 23.5 Å². The standard InChI is InChI=1S/C18H22N4O3/c1-2-13-8-6-7-11-15(13)21-17-16(22(23)24)18(20-12-19-17)25-14-9-4-3-5-10-14/h6-8,11-12,14H,2-5,9-10H2,1H3,(H,19,20,21). The van der Waals surface area contributed by atoms with E-state index in [1.807, 2.05) is 31.2 Å². The van der Waals surface area contributed by atoms with Crippen LogP contribution in [-0.2, 0) is 6.42 Å². The Morgan fingerprint density at radius 3 is 2.72 bits per heavy atom. The number of aryl methyl sites for hydroxylation is 1. The van der Waals surface area contributed by atoms with Crippen LogP contribution in [0.1, 0.15) is 44.6 Å². The van der Waals surface area contributed by atoms with Gasteiger partial charge < -0.3 is 10.1 Å². The van der Waals surface area contributed by atoms with Crippen LogP contribution >= 0.6 is 0 Å². The second-order valence-electron chi connectivity index (χ2n) is 6.15. The van der Waals surface area contributed by atoms with Crippen molar-refractivity contribution in [2.45, 2.75) is 51.6 Å². The summed E-state index contributed by atoms with van der Waals surface area (Å²) < 4.78 is 5.85. The number of nitrogens with one attached hydrogen (secondary N) is 1. The van der Waals surface area contributed by atoms with Gasteiger partial charge in [-0.25, -0.2) is 4.98 Å². The molecule has 25 heavy (non-hydrogen) atoms. The van der Waals surface area contributed by atoms with Crippen molar-refractivity contribution < 1.29 is 9.66 Å². The highest BCUT2D eigenvalue weighted by Crippen LogP contribution is 2.35. The zero-order chi connectivity index (χ0) is 17.6. The van der Waals surface area contributed by atoms with Crippen molar-refractivity contribution >= 4 is 17.2 Å². The smallest absolute Gasteiger partial charge is 0.373 e. The molecule has 1 aromatic carbocycles. The van der Waals surface area contributed by atoms with E-state index in [1.54, 1.807) is 0 Å². The fourth-order valence-corrected chi connectivity index (χ4v) is 3.12. The second kappa shape index (κ2) is 7.92. The Balaban J connectivity index is 1.90. The topological polar surface area (TPSA) is 90.2 Å². The van der Waals surface area contributed by atoms with Gasteiger partial charge in [0.2, 0.25) is 5.82 Å². The molecule has 1 heterocycles. The number of hydrogen-bond donors (Lipinski definition) is 1. The summed E-state index contributed by atoms with van der Waals surface area (Å²) in [5.41, 5.74) is 1.65. The van der Waals surface area contributed by atoms with Crippen LogP contribution in [0.25, 0.3) is 0 Å². The number of benzene rings is 1. The van der Waals surface area contributed by atoms with Gasteiger partial charge in [-0.3, -0.25) is 10.1 Å². The highest BCUT2D eigenvalue weighted by molar-refractivity contribution is 5.70. The second-order valence-corrected chi connectivity index (χ2v) is 6.15. The van der Waals surface area contributed by atoms with E-state index in [4.69, 9.17) is 4.74 Å². The number of hydrogen-bond acceptors (Lipinski definition) is 6. The summed E-state index contributed by atoms with van der Waals surface area (Å²) in [5.74, 6) is 0.204. The van der Waals surface area contributed by atoms with Crippen molar-refractivity contribution in [2.75, 3.05) is 5.32 Å². The molecule has 2 aromatic rings. The number of nitro groups is 1. The SMILES string of the molecule is CCc1ccccc1Nc1ncnc(OC2CCCCC2)c1[N+](=O)[O-]. The van der Waals surface area contributed by atoms with Crippen molar-refractivity contribution in [3.63, 3.8) is 0 Å². The van der Waals surface area contributed by atoms with E-state index >= 15 is 0 Å². The molecule has 0 unspecified atom stereocenters. The van der Waals surface area contributed by atoms with E-state index in [9.17, 15) is 10.1 Å². The van der Waals surface area contributed by atoms with E-state index in [0.717, 1.165) is 43.4 Å². The Kier molecular flexibility index (Phi) is 5.42. The molecule has 1 fully saturated rings. The summed E-state index contributed by atoms with van der Waals surface area (Å²) in [6.07, 6.45) is 7.27. The minimum Gasteiger partial charge on any atom is -0.469 e. The van der Waals surface area contributed by atoms with Crippen LogP contribution in [0.3, 0.4) is 0 Å². The number of para-hydroxylation sites is 1. The fraction of sp³-hybridized carbons (Fsp3) is 0.444. The van der Waals surface area contributed by atoms with E-state index in [0.29, 0.717) is 0 Å². The van der Waals surface area contributed by atoms with E-state index < -0.39 is 4.92 Å². The van der Waals surface area contributed by atoms with Gasteiger partial charge in [-0.05, 0) is 43.7 Å². The monoisotopic (exact) mass is 342 g/mol. The Bertz CT molecular complexity index is 745. The molecular weight excluding hydrogens is 320 g/mol. The van der Waals surface area contributed by atoms with Crippen molar-refractivity contribution in [3.05, 3.63) is 46.3 Å². The highest BCUT2D eigenvalue weighted by atomic mass is 16.6. The van der Waals surface area contributed by atoms with Crippen molar-refractivity contribution in [1.82, 2.24) is 9.97 Å². The molecule has 3 rings (SSSR count). The Morgan fingerprint density at radius 1 is 1.24 bits per heavy atom. The highest BCUT2D eigenvalue weighted by Gasteiger charge is 2.27. The molecule has 0 radical (unpaired) electrons. The molecule has 1 aromatic heterocycles. The minimum atomic E-state index is -0.477. The summed E-state index contributed by atoms with van der Waals surface area (Å²) in [4.78, 5) is 19.3. The third-order valence-electron chi connectivity index (χ3n) is 4.45. The first-order valence-electron chi connectivity index (χ1n) is 8.70. The number of nitrogens with zero attached hydrogens (tertiary/aromatic N) is 3. The molecule has 0 amide bonds. The average molecular weight is 342 g/mol. The number of aromatic nitrogens is 2. The van der Waals surface area contributed by atoms with Crippen LogP contribution in [0.4, 0.5) is 17.2 Å². The van der Waals surface area contributed by atoms with Crippen LogP contribution in [-0.4, -0.2) is 21.0 Å². The molecule has 0 spiro atoms. The lowest BCUT2D eigenvalue weighted by Gasteiger charge is -2.22. The zero-order valence-corrected chi connectivity index (χ0v) is 14.3. The van der Waals surface area contributed by atoms with Gasteiger partial charge in [0.25, 0.3) is 5.88 Å². The van der Waals surface area contributed by atoms with Gasteiger partial charge in [0, 0.05) is 5.69 Å². The lowest BCUT2D eigenvalue weighted by atomic mass is 9.98. The molecule has 0 bridgehead atoms. The predicted octanol–water partition coefficient (Wildman–Crippen LogP) is 4.40. The van der Waals surface area contributed by atoms with Gasteiger partial charge in [0.1, 0.15) is 12.4 Å². The van der Waals surface area contributed by atoms with Crippen LogP contribution in [0, 0.1) is 10.1 Å². The lowest BCUT2D eigenvalue weighted by Crippen LogP contribution is -2.21. The Morgan fingerprint density at radius 2 is 2.00 bits per heavy atom. The zero-order valence-electron chi connectivity index (χ0n) is 14.3. The van der Waals surface area contributed by atoms with Gasteiger partial charge in [0.05, 0.1) is 4.92 Å². The molecule has 7 nitrogen and oxygen atoms in total. The number of rotatable bonds is 6. The quantitative estimate of drug-likeness (QED) is 0.618. The summed E-state index contributed by atoms with van der Waals surface area (Å²) in [7, 11) is 0. The maximum absolute atomic E-state index is 11.6. The van der Waals surface area contributed by atoms with Crippen molar-refractivity contribution in [2.24, 2.45) is 0 Å². The first kappa shape index (κ1) is 17.1. The van der Waals surface area contributed by atoms with E-state index in [2.05, 4.69) is 15.3 Å². The molecule has 1 N–H and O–H groups in total. The van der Waals surface area contributed by atoms with Crippen LogP contribution in [0.2, 0.25) is 0 Å². The van der Waals surface area contributed by atoms with Crippen molar-refractivity contribution in [1.29, 1.82) is 0 Å². The maximum Gasteiger partial charge on any atom is 0.373 e. The molecule has 132 valence electrons. The maximum atomic E-state index is 11.6. The van der Waals surface area contributed by atoms with Gasteiger partial charge in [0.15, 0.2) is 0 Å². The van der Waals surface area contributed by atoms with Crippen molar-refractivity contribution in [3.8, 4) is 5.88 Å². The molecule has 0 atom stereocenters. The van der Waals surface area contributed by atoms with Gasteiger partial charge in [-0.2, -0.15) is 4.98 Å². The fourth-order valence-electron chi connectivity index (χ4n) is 3.12. The summed E-state index contributed by atoms with van der Waals surface area (Å²) >= 11 is 0. The largest absolute Gasteiger partial charge is 0.469 e. The Hall–Kier alpha value is -2.70. The molecule has 0 aliphatic heterocycles. The summed E-state index contributed by atoms with van der Waals surface area (Å²) in [6, 6.07) is 7.69. The third kappa shape index (κ3) is 4.04. The number of anilines is 2. The van der Waals surface area contributed by atoms with Gasteiger partial charge in [-0.1, -0.05) is 31.5 Å². The molecule has 1 aliphatic rings. The predicted molar refractivity (Wildman–Crippen MR) is 95.3 cm³/mol. The lowest BCUT2D eigenvalue weighted by molar-refractivity contribution is -0.385. The molecule has 0 saturated heterocycles. The molecular formula is C18H22N4O3. The van der Waals surface area contributed by atoms with Crippen LogP contribution < -0.4 is 10.1 Å². The minimum absolute atomic E-state index is 0.0156. The summed E-state index contributed by atoms with van der Waals surface area (Å²) in [5, 5.41) is 14.7. The van der Waals surface area contributed by atoms with Gasteiger partial charge >= 0.3 is 5.69 Å². The number of ether oxygens (including phenoxy) is 1. The first-order valence-corrected chi connectivity index (χ1v) is 8.70. The van der Waals surface area contributed by atoms with Gasteiger partial charge in [-0.15, -0.1) is 0 Å². The molecule has 7 heteroatoms. The van der Waals surface area contributed by atoms with E-state index in [1.165, 1.54) is 12.7 Å². The molecule has 1 aliphatic carbocycles.